The lowest BCUT2D eigenvalue weighted by Gasteiger charge is -2.11. The molecule has 0 radical (unpaired) electrons. The van der Waals surface area contributed by atoms with Crippen molar-refractivity contribution >= 4 is 50.0 Å². The Kier molecular flexibility index (Phi) is 3.40. The van der Waals surface area contributed by atoms with Gasteiger partial charge in [-0.05, 0) is 31.0 Å². The van der Waals surface area contributed by atoms with Crippen molar-refractivity contribution in [1.29, 1.82) is 0 Å². The van der Waals surface area contributed by atoms with Gasteiger partial charge in [0.25, 0.3) is 0 Å². The largest absolute Gasteiger partial charge is 0.381 e. The van der Waals surface area contributed by atoms with Crippen molar-refractivity contribution < 1.29 is 9.53 Å². The molecule has 4 nitrogen and oxygen atoms in total. The van der Waals surface area contributed by atoms with Crippen LogP contribution in [0.1, 0.15) is 12.8 Å². The minimum atomic E-state index is 0.0563. The molecule has 2 heterocycles. The molecule has 1 N–H and O–H groups in total. The fourth-order valence-electron chi connectivity index (χ4n) is 3.28. The Morgan fingerprint density at radius 2 is 2.36 bits per heavy atom. The van der Waals surface area contributed by atoms with Crippen molar-refractivity contribution in [2.24, 2.45) is 11.3 Å². The lowest BCUT2D eigenvalue weighted by Crippen LogP contribution is -2.19. The minimum Gasteiger partial charge on any atom is -0.381 e. The fraction of sp³-hybridized carbons (Fsp3) is 0.375. The van der Waals surface area contributed by atoms with Gasteiger partial charge in [0.2, 0.25) is 5.91 Å². The molecule has 1 saturated heterocycles. The molecular formula is C16H14BrClN2O2. The van der Waals surface area contributed by atoms with Crippen LogP contribution in [0.4, 0.5) is 5.69 Å². The number of anilines is 1. The molecular weight excluding hydrogens is 368 g/mol. The smallest absolute Gasteiger partial charge is 0.228 e. The lowest BCUT2D eigenvalue weighted by molar-refractivity contribution is -0.118. The van der Waals surface area contributed by atoms with E-state index in [4.69, 9.17) is 16.3 Å². The summed E-state index contributed by atoms with van der Waals surface area (Å²) in [6.45, 7) is 1.48. The Morgan fingerprint density at radius 1 is 1.50 bits per heavy atom. The summed E-state index contributed by atoms with van der Waals surface area (Å²) >= 11 is 9.65. The summed E-state index contributed by atoms with van der Waals surface area (Å²) in [5, 5.41) is 4.44. The number of halogens is 2. The van der Waals surface area contributed by atoms with E-state index in [1.54, 1.807) is 12.3 Å². The monoisotopic (exact) mass is 380 g/mol. The van der Waals surface area contributed by atoms with Gasteiger partial charge in [0, 0.05) is 34.0 Å². The number of nitrogens with one attached hydrogen (secondary N) is 1. The molecule has 2 atom stereocenters. The first-order valence-corrected chi connectivity index (χ1v) is 8.39. The van der Waals surface area contributed by atoms with E-state index in [9.17, 15) is 4.79 Å². The molecule has 2 fully saturated rings. The zero-order chi connectivity index (χ0) is 15.3. The van der Waals surface area contributed by atoms with E-state index in [1.165, 1.54) is 0 Å². The number of fused-ring (bicyclic) bond motifs is 1. The molecule has 4 rings (SSSR count). The third-order valence-electron chi connectivity index (χ3n) is 4.66. The summed E-state index contributed by atoms with van der Waals surface area (Å²) in [6.07, 6.45) is 3.57. The van der Waals surface area contributed by atoms with Crippen LogP contribution in [0.15, 0.2) is 28.9 Å². The quantitative estimate of drug-likeness (QED) is 0.855. The Morgan fingerprint density at radius 3 is 3.14 bits per heavy atom. The molecule has 1 amide bonds. The number of hydrogen-bond donors (Lipinski definition) is 1. The third kappa shape index (κ3) is 2.32. The Bertz CT molecular complexity index is 774. The van der Waals surface area contributed by atoms with Crippen molar-refractivity contribution in [3.05, 3.63) is 33.9 Å². The number of amides is 1. The number of nitrogens with zero attached hydrogens (tertiary/aromatic N) is 1. The first-order chi connectivity index (χ1) is 10.6. The zero-order valence-electron chi connectivity index (χ0n) is 11.7. The average molecular weight is 382 g/mol. The van der Waals surface area contributed by atoms with Crippen LogP contribution >= 0.6 is 27.5 Å². The molecule has 0 bridgehead atoms. The van der Waals surface area contributed by atoms with E-state index < -0.39 is 0 Å². The van der Waals surface area contributed by atoms with E-state index in [0.717, 1.165) is 35.0 Å². The molecule has 22 heavy (non-hydrogen) atoms. The summed E-state index contributed by atoms with van der Waals surface area (Å²) in [7, 11) is 0. The van der Waals surface area contributed by atoms with Crippen molar-refractivity contribution in [2.45, 2.75) is 12.8 Å². The van der Waals surface area contributed by atoms with Gasteiger partial charge >= 0.3 is 0 Å². The molecule has 2 unspecified atom stereocenters. The van der Waals surface area contributed by atoms with Gasteiger partial charge in [-0.3, -0.25) is 9.78 Å². The summed E-state index contributed by atoms with van der Waals surface area (Å²) < 4.78 is 6.30. The van der Waals surface area contributed by atoms with Gasteiger partial charge in [-0.15, -0.1) is 0 Å². The van der Waals surface area contributed by atoms with Crippen molar-refractivity contribution in [2.75, 3.05) is 18.5 Å². The number of rotatable bonds is 2. The highest BCUT2D eigenvalue weighted by molar-refractivity contribution is 9.10. The second kappa shape index (κ2) is 5.18. The lowest BCUT2D eigenvalue weighted by atomic mass is 10.0. The van der Waals surface area contributed by atoms with Crippen LogP contribution in [-0.4, -0.2) is 24.1 Å². The second-order valence-electron chi connectivity index (χ2n) is 6.05. The molecule has 114 valence electrons. The maximum Gasteiger partial charge on any atom is 0.228 e. The minimum absolute atomic E-state index is 0.0563. The van der Waals surface area contributed by atoms with Gasteiger partial charge in [0.1, 0.15) is 0 Å². The van der Waals surface area contributed by atoms with E-state index >= 15 is 0 Å². The number of ether oxygens (including phenoxy) is 1. The first kappa shape index (κ1) is 14.4. The molecule has 6 heteroatoms. The number of benzene rings is 1. The summed E-state index contributed by atoms with van der Waals surface area (Å²) in [5.74, 6) is 0.120. The van der Waals surface area contributed by atoms with E-state index in [1.807, 2.05) is 12.1 Å². The average Bonchev–Trinajstić information content (AvgIpc) is 2.97. The number of aromatic nitrogens is 1. The predicted molar refractivity (Wildman–Crippen MR) is 89.1 cm³/mol. The van der Waals surface area contributed by atoms with Crippen LogP contribution in [0.5, 0.6) is 0 Å². The van der Waals surface area contributed by atoms with Crippen molar-refractivity contribution in [3.8, 4) is 0 Å². The highest BCUT2D eigenvalue weighted by atomic mass is 79.9. The maximum absolute atomic E-state index is 12.5. The summed E-state index contributed by atoms with van der Waals surface area (Å²) in [6, 6.07) is 5.53. The van der Waals surface area contributed by atoms with Crippen LogP contribution in [0, 0.1) is 11.3 Å². The number of pyridine rings is 1. The number of carbonyl (C=O) groups is 1. The molecule has 1 aliphatic carbocycles. The van der Waals surface area contributed by atoms with Crippen molar-refractivity contribution in [1.82, 2.24) is 4.98 Å². The van der Waals surface area contributed by atoms with Crippen LogP contribution < -0.4 is 5.32 Å². The molecule has 2 aliphatic rings. The predicted octanol–water partition coefficient (Wildman–Crippen LogP) is 4.02. The Balaban J connectivity index is 1.63. The maximum atomic E-state index is 12.5. The Hall–Kier alpha value is -1.17. The van der Waals surface area contributed by atoms with Gasteiger partial charge in [0.05, 0.1) is 22.8 Å². The number of hydrogen-bond acceptors (Lipinski definition) is 3. The molecule has 1 aromatic heterocycles. The molecule has 1 saturated carbocycles. The molecule has 1 aliphatic heterocycles. The first-order valence-electron chi connectivity index (χ1n) is 7.21. The fourth-order valence-corrected chi connectivity index (χ4v) is 4.14. The van der Waals surface area contributed by atoms with Crippen LogP contribution in [-0.2, 0) is 9.53 Å². The highest BCUT2D eigenvalue weighted by Crippen LogP contribution is 2.58. The van der Waals surface area contributed by atoms with Crippen LogP contribution in [0.3, 0.4) is 0 Å². The van der Waals surface area contributed by atoms with Gasteiger partial charge in [-0.1, -0.05) is 27.5 Å². The second-order valence-corrected chi connectivity index (χ2v) is 7.38. The summed E-state index contributed by atoms with van der Waals surface area (Å²) in [4.78, 5) is 16.8. The van der Waals surface area contributed by atoms with Gasteiger partial charge in [0.15, 0.2) is 0 Å². The topological polar surface area (TPSA) is 51.2 Å². The number of carbonyl (C=O) groups excluding carboxylic acids is 1. The van der Waals surface area contributed by atoms with Gasteiger partial charge < -0.3 is 10.1 Å². The normalized spacial score (nSPS) is 26.5. The van der Waals surface area contributed by atoms with Gasteiger partial charge in [-0.25, -0.2) is 0 Å². The van der Waals surface area contributed by atoms with Crippen LogP contribution in [0.2, 0.25) is 5.02 Å². The molecule has 1 aromatic carbocycles. The Labute approximate surface area is 141 Å². The SMILES string of the molecule is O=C(Nc1ccnc2c(Cl)cc(Br)cc12)C1CC12CCOC2. The van der Waals surface area contributed by atoms with E-state index in [-0.39, 0.29) is 17.2 Å². The van der Waals surface area contributed by atoms with E-state index in [2.05, 4.69) is 26.2 Å². The highest BCUT2D eigenvalue weighted by Gasteiger charge is 2.59. The zero-order valence-corrected chi connectivity index (χ0v) is 14.1. The summed E-state index contributed by atoms with van der Waals surface area (Å²) in [5.41, 5.74) is 1.53. The van der Waals surface area contributed by atoms with Gasteiger partial charge in [-0.2, -0.15) is 0 Å². The third-order valence-corrected chi connectivity index (χ3v) is 5.41. The van der Waals surface area contributed by atoms with E-state index in [0.29, 0.717) is 17.1 Å². The standard InChI is InChI=1S/C16H14BrClN2O2/c17-9-5-10-13(1-3-19-14(10)12(18)6-9)20-15(21)11-7-16(11)2-4-22-8-16/h1,3,5-6,11H,2,4,7-8H2,(H,19,20,21). The molecule has 1 spiro atoms. The molecule has 2 aromatic rings. The van der Waals surface area contributed by atoms with Crippen molar-refractivity contribution in [3.63, 3.8) is 0 Å². The van der Waals surface area contributed by atoms with Crippen LogP contribution in [0.25, 0.3) is 10.9 Å².